The van der Waals surface area contributed by atoms with Gasteiger partial charge >= 0.3 is 0 Å². The highest BCUT2D eigenvalue weighted by molar-refractivity contribution is 5.81. The Bertz CT molecular complexity index is 678. The van der Waals surface area contributed by atoms with Crippen molar-refractivity contribution in [3.8, 4) is 6.07 Å². The number of para-hydroxylation sites is 1. The molecular weight excluding hydrogens is 296 g/mol. The van der Waals surface area contributed by atoms with Crippen molar-refractivity contribution in [2.75, 3.05) is 25.0 Å². The molecule has 1 aromatic rings. The number of carbonyl (C=O) groups excluding carboxylic acids is 1. The summed E-state index contributed by atoms with van der Waals surface area (Å²) >= 11 is 0. The number of rotatable bonds is 5. The van der Waals surface area contributed by atoms with Crippen molar-refractivity contribution >= 4 is 17.3 Å². The van der Waals surface area contributed by atoms with E-state index in [-0.39, 0.29) is 34.7 Å². The van der Waals surface area contributed by atoms with Gasteiger partial charge in [0.2, 0.25) is 5.91 Å². The van der Waals surface area contributed by atoms with Crippen LogP contribution in [0.5, 0.6) is 0 Å². The lowest BCUT2D eigenvalue weighted by Crippen LogP contribution is -2.30. The molecule has 1 saturated carbocycles. The highest BCUT2D eigenvalue weighted by Crippen LogP contribution is 2.33. The van der Waals surface area contributed by atoms with Crippen molar-refractivity contribution in [2.45, 2.75) is 19.3 Å². The van der Waals surface area contributed by atoms with Crippen LogP contribution >= 0.6 is 0 Å². The van der Waals surface area contributed by atoms with Gasteiger partial charge in [0, 0.05) is 31.6 Å². The lowest BCUT2D eigenvalue weighted by molar-refractivity contribution is -0.384. The van der Waals surface area contributed by atoms with E-state index in [9.17, 15) is 14.9 Å². The van der Waals surface area contributed by atoms with Gasteiger partial charge in [-0.05, 0) is 31.2 Å². The van der Waals surface area contributed by atoms with Crippen molar-refractivity contribution in [1.29, 1.82) is 5.26 Å². The van der Waals surface area contributed by atoms with Crippen LogP contribution in [0.4, 0.5) is 11.4 Å². The molecule has 23 heavy (non-hydrogen) atoms. The van der Waals surface area contributed by atoms with Crippen LogP contribution in [0.3, 0.4) is 0 Å². The molecule has 120 valence electrons. The van der Waals surface area contributed by atoms with E-state index in [2.05, 4.69) is 5.32 Å². The van der Waals surface area contributed by atoms with Gasteiger partial charge in [0.1, 0.15) is 11.8 Å². The van der Waals surface area contributed by atoms with Gasteiger partial charge in [-0.2, -0.15) is 5.26 Å². The molecule has 0 bridgehead atoms. The van der Waals surface area contributed by atoms with Crippen molar-refractivity contribution < 1.29 is 9.72 Å². The fourth-order valence-corrected chi connectivity index (χ4v) is 3.01. The number of nitro groups is 1. The van der Waals surface area contributed by atoms with E-state index in [1.807, 2.05) is 11.0 Å². The molecule has 0 radical (unpaired) electrons. The first-order valence-electron chi connectivity index (χ1n) is 7.80. The number of hydrogen-bond donors (Lipinski definition) is 1. The summed E-state index contributed by atoms with van der Waals surface area (Å²) in [6.45, 7) is 1.96. The topological polar surface area (TPSA) is 99.3 Å². The highest BCUT2D eigenvalue weighted by Gasteiger charge is 2.36. The van der Waals surface area contributed by atoms with Gasteiger partial charge < -0.3 is 10.2 Å². The first kappa shape index (κ1) is 15.3. The van der Waals surface area contributed by atoms with Crippen LogP contribution in [0.15, 0.2) is 18.2 Å². The molecule has 7 nitrogen and oxygen atoms in total. The minimum atomic E-state index is -0.485. The first-order chi connectivity index (χ1) is 11.1. The number of nitro benzene ring substituents is 1. The highest BCUT2D eigenvalue weighted by atomic mass is 16.6. The van der Waals surface area contributed by atoms with E-state index in [4.69, 9.17) is 5.26 Å². The quantitative estimate of drug-likeness (QED) is 0.663. The van der Waals surface area contributed by atoms with Crippen LogP contribution < -0.4 is 5.32 Å². The number of hydrogen-bond acceptors (Lipinski definition) is 5. The van der Waals surface area contributed by atoms with Crippen LogP contribution in [0.2, 0.25) is 0 Å². The SMILES string of the molecule is N#Cc1cccc([N+](=O)[O-])c1NC[C@@H]1CCN(C(=O)C2CC2)C1. The molecule has 1 heterocycles. The van der Waals surface area contributed by atoms with Crippen molar-refractivity contribution in [3.63, 3.8) is 0 Å². The van der Waals surface area contributed by atoms with Crippen LogP contribution in [0, 0.1) is 33.3 Å². The number of likely N-dealkylation sites (tertiary alicyclic amines) is 1. The molecule has 1 saturated heterocycles. The third-order valence-electron chi connectivity index (χ3n) is 4.45. The number of nitrogens with zero attached hydrogens (tertiary/aromatic N) is 3. The lowest BCUT2D eigenvalue weighted by Gasteiger charge is -2.17. The number of nitriles is 1. The van der Waals surface area contributed by atoms with Gasteiger partial charge in [-0.3, -0.25) is 14.9 Å². The van der Waals surface area contributed by atoms with Gasteiger partial charge in [-0.1, -0.05) is 6.07 Å². The maximum atomic E-state index is 12.0. The Balaban J connectivity index is 1.64. The minimum absolute atomic E-state index is 0.0899. The van der Waals surface area contributed by atoms with E-state index in [0.717, 1.165) is 25.8 Å². The Labute approximate surface area is 134 Å². The average molecular weight is 314 g/mol. The smallest absolute Gasteiger partial charge is 0.293 e. The Kier molecular flexibility index (Phi) is 4.15. The average Bonchev–Trinajstić information content (AvgIpc) is 3.30. The van der Waals surface area contributed by atoms with Gasteiger partial charge in [0.15, 0.2) is 0 Å². The van der Waals surface area contributed by atoms with E-state index in [0.29, 0.717) is 13.1 Å². The molecule has 1 aliphatic heterocycles. The molecule has 2 aliphatic rings. The fraction of sp³-hybridized carbons (Fsp3) is 0.500. The predicted molar refractivity (Wildman–Crippen MR) is 83.7 cm³/mol. The van der Waals surface area contributed by atoms with Crippen molar-refractivity contribution in [2.24, 2.45) is 11.8 Å². The van der Waals surface area contributed by atoms with Gasteiger partial charge in [-0.15, -0.1) is 0 Å². The molecule has 0 unspecified atom stereocenters. The van der Waals surface area contributed by atoms with Gasteiger partial charge in [0.25, 0.3) is 5.69 Å². The van der Waals surface area contributed by atoms with E-state index in [1.54, 1.807) is 6.07 Å². The first-order valence-corrected chi connectivity index (χ1v) is 7.80. The van der Waals surface area contributed by atoms with Crippen LogP contribution in [0.1, 0.15) is 24.8 Å². The molecule has 1 aliphatic carbocycles. The number of carbonyl (C=O) groups is 1. The molecule has 1 atom stereocenters. The molecule has 7 heteroatoms. The lowest BCUT2D eigenvalue weighted by atomic mass is 10.1. The summed E-state index contributed by atoms with van der Waals surface area (Å²) in [4.78, 5) is 24.6. The summed E-state index contributed by atoms with van der Waals surface area (Å²) in [5.74, 6) is 0.724. The second-order valence-electron chi connectivity index (χ2n) is 6.16. The molecule has 0 spiro atoms. The molecule has 1 aromatic carbocycles. The monoisotopic (exact) mass is 314 g/mol. The molecule has 0 aromatic heterocycles. The third-order valence-corrected chi connectivity index (χ3v) is 4.45. The van der Waals surface area contributed by atoms with E-state index in [1.165, 1.54) is 12.1 Å². The largest absolute Gasteiger partial charge is 0.378 e. The number of anilines is 1. The normalized spacial score (nSPS) is 20.1. The standard InChI is InChI=1S/C16H18N4O3/c17-8-13-2-1-3-14(20(22)23)15(13)18-9-11-6-7-19(10-11)16(21)12-4-5-12/h1-3,11-12,18H,4-7,9-10H2/t11-/m0/s1. The van der Waals surface area contributed by atoms with Crippen LogP contribution in [0.25, 0.3) is 0 Å². The van der Waals surface area contributed by atoms with Crippen molar-refractivity contribution in [3.05, 3.63) is 33.9 Å². The second kappa shape index (κ2) is 6.24. The third kappa shape index (κ3) is 3.26. The zero-order chi connectivity index (χ0) is 16.4. The van der Waals surface area contributed by atoms with E-state index < -0.39 is 4.92 Å². The molecule has 2 fully saturated rings. The van der Waals surface area contributed by atoms with Crippen LogP contribution in [-0.4, -0.2) is 35.4 Å². The van der Waals surface area contributed by atoms with Crippen LogP contribution in [-0.2, 0) is 4.79 Å². The molecule has 3 rings (SSSR count). The summed E-state index contributed by atoms with van der Waals surface area (Å²) in [6, 6.07) is 6.44. The van der Waals surface area contributed by atoms with Crippen molar-refractivity contribution in [1.82, 2.24) is 4.90 Å². The minimum Gasteiger partial charge on any atom is -0.378 e. The summed E-state index contributed by atoms with van der Waals surface area (Å²) in [5, 5.41) is 23.3. The number of benzene rings is 1. The second-order valence-corrected chi connectivity index (χ2v) is 6.16. The van der Waals surface area contributed by atoms with Gasteiger partial charge in [-0.25, -0.2) is 0 Å². The number of amides is 1. The Morgan fingerprint density at radius 3 is 2.87 bits per heavy atom. The molecule has 1 N–H and O–H groups in total. The Morgan fingerprint density at radius 1 is 1.43 bits per heavy atom. The summed E-state index contributed by atoms with van der Waals surface area (Å²) in [5.41, 5.74) is 0.447. The zero-order valence-corrected chi connectivity index (χ0v) is 12.7. The fourth-order valence-electron chi connectivity index (χ4n) is 3.01. The summed E-state index contributed by atoms with van der Waals surface area (Å²) < 4.78 is 0. The molecule has 1 amide bonds. The summed E-state index contributed by atoms with van der Waals surface area (Å²) in [6.07, 6.45) is 2.88. The Morgan fingerprint density at radius 2 is 2.22 bits per heavy atom. The zero-order valence-electron chi connectivity index (χ0n) is 12.7. The van der Waals surface area contributed by atoms with Gasteiger partial charge in [0.05, 0.1) is 10.5 Å². The maximum absolute atomic E-state index is 12.0. The summed E-state index contributed by atoms with van der Waals surface area (Å²) in [7, 11) is 0. The number of nitrogens with one attached hydrogen (secondary N) is 1. The Hall–Kier alpha value is -2.62. The maximum Gasteiger partial charge on any atom is 0.293 e. The predicted octanol–water partition coefficient (Wildman–Crippen LogP) is 2.14. The molecular formula is C16H18N4O3. The van der Waals surface area contributed by atoms with E-state index >= 15 is 0 Å².